The molecule has 6 nitrogen and oxygen atoms in total. The molecule has 1 aliphatic rings. The van der Waals surface area contributed by atoms with Crippen LogP contribution in [-0.4, -0.2) is 35.8 Å². The summed E-state index contributed by atoms with van der Waals surface area (Å²) in [5.41, 5.74) is 0.0752. The van der Waals surface area contributed by atoms with Crippen LogP contribution in [0.1, 0.15) is 45.6 Å². The predicted octanol–water partition coefficient (Wildman–Crippen LogP) is 3.99. The molecule has 1 fully saturated rings. The Kier molecular flexibility index (Phi) is 6.62. The maximum Gasteiger partial charge on any atom is 0.407 e. The van der Waals surface area contributed by atoms with Crippen LogP contribution in [0.25, 0.3) is 0 Å². The predicted molar refractivity (Wildman–Crippen MR) is 95.5 cm³/mol. The molecular formula is C19H26F2N2O4. The third kappa shape index (κ3) is 7.80. The summed E-state index contributed by atoms with van der Waals surface area (Å²) in [7, 11) is 0. The molecule has 8 heteroatoms. The van der Waals surface area contributed by atoms with E-state index in [-0.39, 0.29) is 13.0 Å². The Labute approximate surface area is 157 Å². The zero-order valence-electron chi connectivity index (χ0n) is 15.8. The van der Waals surface area contributed by atoms with Gasteiger partial charge >= 0.3 is 12.2 Å². The van der Waals surface area contributed by atoms with Gasteiger partial charge in [0.1, 0.15) is 12.2 Å². The standard InChI is InChI=1S/C19H26F2N2O4/c1-18(2,3)27-17(25)23-15-9-14(10-19(20,21)11-15)22-16(24)26-12-13-7-5-4-6-8-13/h4-8,14-15H,9-12H2,1-3H3,(H,22,24)(H,23,25)/t14-,15+/m0/s1. The fourth-order valence-electron chi connectivity index (χ4n) is 2.94. The molecule has 0 heterocycles. The van der Waals surface area contributed by atoms with Crippen LogP contribution in [0.3, 0.4) is 0 Å². The molecular weight excluding hydrogens is 358 g/mol. The lowest BCUT2D eigenvalue weighted by molar-refractivity contribution is -0.0545. The lowest BCUT2D eigenvalue weighted by atomic mass is 9.88. The summed E-state index contributed by atoms with van der Waals surface area (Å²) in [6.45, 7) is 5.12. The summed E-state index contributed by atoms with van der Waals surface area (Å²) in [6, 6.07) is 7.44. The molecule has 2 rings (SSSR count). The molecule has 150 valence electrons. The number of hydrogen-bond donors (Lipinski definition) is 2. The van der Waals surface area contributed by atoms with E-state index in [2.05, 4.69) is 10.6 Å². The monoisotopic (exact) mass is 384 g/mol. The highest BCUT2D eigenvalue weighted by atomic mass is 19.3. The molecule has 0 spiro atoms. The van der Waals surface area contributed by atoms with Gasteiger partial charge in [0, 0.05) is 24.9 Å². The van der Waals surface area contributed by atoms with Crippen molar-refractivity contribution in [2.75, 3.05) is 0 Å². The molecule has 2 N–H and O–H groups in total. The molecule has 2 amide bonds. The molecule has 1 aromatic rings. The minimum absolute atomic E-state index is 0.0510. The summed E-state index contributed by atoms with van der Waals surface area (Å²) < 4.78 is 38.2. The Morgan fingerprint density at radius 3 is 2.19 bits per heavy atom. The maximum atomic E-state index is 14.0. The Morgan fingerprint density at radius 2 is 1.63 bits per heavy atom. The first kappa shape index (κ1) is 20.9. The molecule has 2 atom stereocenters. The van der Waals surface area contributed by atoms with Crippen molar-refractivity contribution in [1.29, 1.82) is 0 Å². The number of ether oxygens (including phenoxy) is 2. The van der Waals surface area contributed by atoms with Crippen LogP contribution in [0.4, 0.5) is 18.4 Å². The van der Waals surface area contributed by atoms with Crippen molar-refractivity contribution in [2.45, 2.75) is 70.2 Å². The van der Waals surface area contributed by atoms with Crippen LogP contribution < -0.4 is 10.6 Å². The van der Waals surface area contributed by atoms with E-state index in [4.69, 9.17) is 9.47 Å². The normalized spacial score (nSPS) is 21.8. The molecule has 0 aromatic heterocycles. The lowest BCUT2D eigenvalue weighted by Crippen LogP contribution is -2.52. The molecule has 0 aliphatic heterocycles. The highest BCUT2D eigenvalue weighted by molar-refractivity contribution is 5.69. The first-order valence-electron chi connectivity index (χ1n) is 8.87. The van der Waals surface area contributed by atoms with Crippen LogP contribution in [-0.2, 0) is 16.1 Å². The minimum atomic E-state index is -3.00. The summed E-state index contributed by atoms with van der Waals surface area (Å²) in [5, 5.41) is 4.92. The van der Waals surface area contributed by atoms with Crippen molar-refractivity contribution >= 4 is 12.2 Å². The Hall–Kier alpha value is -2.38. The average molecular weight is 384 g/mol. The van der Waals surface area contributed by atoms with Crippen LogP contribution in [0, 0.1) is 0 Å². The van der Waals surface area contributed by atoms with Gasteiger partial charge in [-0.15, -0.1) is 0 Å². The van der Waals surface area contributed by atoms with E-state index in [9.17, 15) is 18.4 Å². The maximum absolute atomic E-state index is 14.0. The molecule has 27 heavy (non-hydrogen) atoms. The van der Waals surface area contributed by atoms with Crippen molar-refractivity contribution in [2.24, 2.45) is 0 Å². The second kappa shape index (κ2) is 8.54. The van der Waals surface area contributed by atoms with Gasteiger partial charge < -0.3 is 20.1 Å². The van der Waals surface area contributed by atoms with Crippen molar-refractivity contribution in [3.63, 3.8) is 0 Å². The van der Waals surface area contributed by atoms with E-state index < -0.39 is 48.6 Å². The van der Waals surface area contributed by atoms with Gasteiger partial charge in [-0.25, -0.2) is 18.4 Å². The van der Waals surface area contributed by atoms with Gasteiger partial charge in [-0.1, -0.05) is 30.3 Å². The average Bonchev–Trinajstić information content (AvgIpc) is 2.50. The van der Waals surface area contributed by atoms with Gasteiger partial charge in [0.25, 0.3) is 5.92 Å². The zero-order chi connectivity index (χ0) is 20.1. The van der Waals surface area contributed by atoms with E-state index in [0.29, 0.717) is 0 Å². The van der Waals surface area contributed by atoms with Gasteiger partial charge in [-0.2, -0.15) is 0 Å². The fourth-order valence-corrected chi connectivity index (χ4v) is 2.94. The molecule has 1 saturated carbocycles. The van der Waals surface area contributed by atoms with Crippen LogP contribution in [0.15, 0.2) is 30.3 Å². The largest absolute Gasteiger partial charge is 0.445 e. The van der Waals surface area contributed by atoms with Crippen LogP contribution >= 0.6 is 0 Å². The first-order valence-corrected chi connectivity index (χ1v) is 8.87. The third-order valence-corrected chi connectivity index (χ3v) is 3.91. The Balaban J connectivity index is 1.86. The quantitative estimate of drug-likeness (QED) is 0.823. The summed E-state index contributed by atoms with van der Waals surface area (Å²) >= 11 is 0. The van der Waals surface area contributed by atoms with Crippen molar-refractivity contribution < 1.29 is 27.8 Å². The van der Waals surface area contributed by atoms with Gasteiger partial charge in [0.2, 0.25) is 0 Å². The van der Waals surface area contributed by atoms with E-state index in [1.807, 2.05) is 18.2 Å². The van der Waals surface area contributed by atoms with E-state index in [1.165, 1.54) is 0 Å². The second-order valence-electron chi connectivity index (χ2n) is 7.75. The summed E-state index contributed by atoms with van der Waals surface area (Å²) in [5.74, 6) is -3.00. The topological polar surface area (TPSA) is 76.7 Å². The Bertz CT molecular complexity index is 647. The van der Waals surface area contributed by atoms with Gasteiger partial charge in [-0.05, 0) is 32.8 Å². The summed E-state index contributed by atoms with van der Waals surface area (Å²) in [6.07, 6.45) is -2.34. The first-order chi connectivity index (χ1) is 12.5. The molecule has 0 saturated heterocycles. The molecule has 0 radical (unpaired) electrons. The highest BCUT2D eigenvalue weighted by Crippen LogP contribution is 2.33. The fraction of sp³-hybridized carbons (Fsp3) is 0.579. The zero-order valence-corrected chi connectivity index (χ0v) is 15.8. The third-order valence-electron chi connectivity index (χ3n) is 3.91. The molecule has 0 unspecified atom stereocenters. The number of rotatable bonds is 4. The SMILES string of the molecule is CC(C)(C)OC(=O)N[C@@H]1C[C@H](NC(=O)OCc2ccccc2)CC(F)(F)C1. The number of carbonyl (C=O) groups is 2. The molecule has 1 aliphatic carbocycles. The number of nitrogens with one attached hydrogen (secondary N) is 2. The van der Waals surface area contributed by atoms with Crippen LogP contribution in [0.5, 0.6) is 0 Å². The van der Waals surface area contributed by atoms with Crippen LogP contribution in [0.2, 0.25) is 0 Å². The second-order valence-corrected chi connectivity index (χ2v) is 7.75. The number of alkyl carbamates (subject to hydrolysis) is 2. The summed E-state index contributed by atoms with van der Waals surface area (Å²) in [4.78, 5) is 23.8. The minimum Gasteiger partial charge on any atom is -0.445 e. The van der Waals surface area contributed by atoms with Crippen molar-refractivity contribution in [3.8, 4) is 0 Å². The smallest absolute Gasteiger partial charge is 0.407 e. The number of hydrogen-bond acceptors (Lipinski definition) is 4. The van der Waals surface area contributed by atoms with Crippen molar-refractivity contribution in [3.05, 3.63) is 35.9 Å². The highest BCUT2D eigenvalue weighted by Gasteiger charge is 2.42. The van der Waals surface area contributed by atoms with Crippen molar-refractivity contribution in [1.82, 2.24) is 10.6 Å². The van der Waals surface area contributed by atoms with Gasteiger partial charge in [0.15, 0.2) is 0 Å². The number of alkyl halides is 2. The van der Waals surface area contributed by atoms with Gasteiger partial charge in [-0.3, -0.25) is 0 Å². The van der Waals surface area contributed by atoms with E-state index in [1.54, 1.807) is 32.9 Å². The number of amides is 2. The number of halogens is 2. The van der Waals surface area contributed by atoms with E-state index >= 15 is 0 Å². The molecule has 0 bridgehead atoms. The Morgan fingerprint density at radius 1 is 1.07 bits per heavy atom. The van der Waals surface area contributed by atoms with E-state index in [0.717, 1.165) is 5.56 Å². The lowest BCUT2D eigenvalue weighted by Gasteiger charge is -2.35. The molecule has 1 aromatic carbocycles. The van der Waals surface area contributed by atoms with Gasteiger partial charge in [0.05, 0.1) is 0 Å². The number of carbonyl (C=O) groups excluding carboxylic acids is 2. The number of benzene rings is 1.